The summed E-state index contributed by atoms with van der Waals surface area (Å²) in [7, 11) is 0. The summed E-state index contributed by atoms with van der Waals surface area (Å²) in [5.41, 5.74) is 0. The van der Waals surface area contributed by atoms with Crippen molar-refractivity contribution in [2.24, 2.45) is 0 Å². The van der Waals surface area contributed by atoms with Crippen LogP contribution in [0.3, 0.4) is 0 Å². The Bertz CT molecular complexity index is 44.8. The van der Waals surface area contributed by atoms with Gasteiger partial charge in [-0.3, -0.25) is 0 Å². The van der Waals surface area contributed by atoms with Crippen molar-refractivity contribution in [2.45, 2.75) is 11.6 Å². The van der Waals surface area contributed by atoms with Crippen LogP contribution in [0.5, 0.6) is 0 Å². The quantitative estimate of drug-likeness (QED) is 0.427. The van der Waals surface area contributed by atoms with E-state index in [0.29, 0.717) is 5.32 Å². The van der Waals surface area contributed by atoms with Crippen LogP contribution in [0.4, 0.5) is 0 Å². The first-order chi connectivity index (χ1) is 2.77. The fraction of sp³-hybridized carbons (Fsp3) is 1.00. The second-order valence-corrected chi connectivity index (χ2v) is 4.91. The monoisotopic (exact) mass is 222 g/mol. The normalized spacial score (nSPS) is 9.83. The summed E-state index contributed by atoms with van der Waals surface area (Å²) >= 11 is 2.80. The van der Waals surface area contributed by atoms with E-state index in [1.807, 2.05) is 0 Å². The van der Waals surface area contributed by atoms with Gasteiger partial charge in [0.1, 0.15) is 0 Å². The molecule has 2 N–H and O–H groups in total. The van der Waals surface area contributed by atoms with Crippen LogP contribution in [0, 0.1) is 0 Å². The molecule has 0 aromatic heterocycles. The summed E-state index contributed by atoms with van der Waals surface area (Å²) in [6.07, 6.45) is -1.09. The molecule has 0 amide bonds. The molecule has 0 heterocycles. The van der Waals surface area contributed by atoms with Crippen LogP contribution in [0.1, 0.15) is 0 Å². The van der Waals surface area contributed by atoms with E-state index in [9.17, 15) is 0 Å². The fourth-order valence-corrected chi connectivity index (χ4v) is 1.80. The van der Waals surface area contributed by atoms with Gasteiger partial charge in [0.15, 0.2) is 0 Å². The first-order valence-electron chi connectivity index (χ1n) is 1.42. The number of aliphatic hydroxyl groups excluding tert-OH is 1. The van der Waals surface area contributed by atoms with Crippen molar-refractivity contribution in [3.63, 3.8) is 0 Å². The first-order valence-corrected chi connectivity index (χ1v) is 7.50. The van der Waals surface area contributed by atoms with E-state index in [-0.39, 0.29) is 12.6 Å². The maximum atomic E-state index is 8.11. The molecule has 0 unspecified atom stereocenters. The third-order valence-electron chi connectivity index (χ3n) is 0.238. The molecule has 0 aromatic carbocycles. The molecule has 0 bridgehead atoms. The average Bonchev–Trinajstić information content (AvgIpc) is 1.35. The van der Waals surface area contributed by atoms with E-state index >= 15 is 0 Å². The maximum absolute atomic E-state index is 8.11. The predicted molar refractivity (Wildman–Crippen MR) is 25.9 cm³/mol. The molecular weight excluding hydrogens is 214 g/mol. The average molecular weight is 220 g/mol. The van der Waals surface area contributed by atoms with Crippen LogP contribution in [0.15, 0.2) is 0 Å². The summed E-state index contributed by atoms with van der Waals surface area (Å²) in [6.45, 7) is 0. The second-order valence-electron chi connectivity index (χ2n) is 0.792. The van der Waals surface area contributed by atoms with Crippen molar-refractivity contribution >= 4 is 26.3 Å². The van der Waals surface area contributed by atoms with Gasteiger partial charge in [-0.25, -0.2) is 0 Å². The molecule has 2 nitrogen and oxygen atoms in total. The van der Waals surface area contributed by atoms with Gasteiger partial charge in [-0.15, -0.1) is 0 Å². The van der Waals surface area contributed by atoms with Crippen molar-refractivity contribution < 1.29 is 10.2 Å². The summed E-state index contributed by atoms with van der Waals surface area (Å²) in [5, 5.41) is 16.7. The summed E-state index contributed by atoms with van der Waals surface area (Å²) in [5.74, 6) is 0. The Balaban J connectivity index is 2.81. The van der Waals surface area contributed by atoms with Gasteiger partial charge in [-0.1, -0.05) is 0 Å². The molecule has 0 rings (SSSR count). The van der Waals surface area contributed by atoms with Crippen LogP contribution in [0.25, 0.3) is 0 Å². The molecule has 4 heteroatoms. The molecule has 6 heavy (non-hydrogen) atoms. The Morgan fingerprint density at radius 3 is 2.17 bits per heavy atom. The van der Waals surface area contributed by atoms with Gasteiger partial charge in [-0.05, 0) is 0 Å². The van der Waals surface area contributed by atoms with Gasteiger partial charge in [0.25, 0.3) is 0 Å². The molecule has 0 fully saturated rings. The number of hydrogen-bond acceptors (Lipinski definition) is 2. The van der Waals surface area contributed by atoms with E-state index in [1.165, 1.54) is 0 Å². The first kappa shape index (κ1) is 6.96. The topological polar surface area (TPSA) is 40.5 Å². The third kappa shape index (κ3) is 4.96. The SMILES string of the molecule is OC(O)C[SeH]=[Se]. The molecule has 0 saturated heterocycles. The number of hydrogen-bond donors (Lipinski definition) is 2. The molecule has 38 valence electrons. The van der Waals surface area contributed by atoms with Gasteiger partial charge < -0.3 is 0 Å². The second kappa shape index (κ2) is 4.13. The molecule has 0 aliphatic carbocycles. The fourth-order valence-electron chi connectivity index (χ4n) is 0.0667. The molecule has 0 aliphatic heterocycles. The molecular formula is C2H6O2Se2. The molecule has 0 aromatic rings. The van der Waals surface area contributed by atoms with Gasteiger partial charge >= 0.3 is 48.1 Å². The van der Waals surface area contributed by atoms with Gasteiger partial charge in [0, 0.05) is 0 Å². The molecule has 0 saturated carbocycles. The van der Waals surface area contributed by atoms with E-state index in [0.717, 1.165) is 0 Å². The zero-order chi connectivity index (χ0) is 4.99. The van der Waals surface area contributed by atoms with Crippen LogP contribution in [-0.2, 0) is 0 Å². The predicted octanol–water partition coefficient (Wildman–Crippen LogP) is -1.76. The van der Waals surface area contributed by atoms with Crippen LogP contribution in [0.2, 0.25) is 5.32 Å². The Hall–Kier alpha value is 0.959. The Labute approximate surface area is 48.4 Å². The summed E-state index contributed by atoms with van der Waals surface area (Å²) in [6, 6.07) is 0. The zero-order valence-corrected chi connectivity index (χ0v) is 6.62. The van der Waals surface area contributed by atoms with Crippen molar-refractivity contribution in [3.05, 3.63) is 0 Å². The van der Waals surface area contributed by atoms with Gasteiger partial charge in [-0.2, -0.15) is 0 Å². The van der Waals surface area contributed by atoms with E-state index in [1.54, 1.807) is 0 Å². The standard InChI is InChI=1S/C2H6O2Se2/c3-2(4)1-6-5/h2-4,6H,1H2. The minimum absolute atomic E-state index is 0.0550. The molecule has 0 radical (unpaired) electrons. The molecule has 0 spiro atoms. The Morgan fingerprint density at radius 2 is 2.17 bits per heavy atom. The Kier molecular flexibility index (Phi) is 4.79. The van der Waals surface area contributed by atoms with Crippen molar-refractivity contribution in [3.8, 4) is 0 Å². The molecule has 0 aliphatic rings. The Morgan fingerprint density at radius 1 is 1.67 bits per heavy atom. The van der Waals surface area contributed by atoms with Crippen molar-refractivity contribution in [2.75, 3.05) is 0 Å². The van der Waals surface area contributed by atoms with Gasteiger partial charge in [0.2, 0.25) is 0 Å². The summed E-state index contributed by atoms with van der Waals surface area (Å²) < 4.78 is 0. The molecule has 0 atom stereocenters. The van der Waals surface area contributed by atoms with Crippen molar-refractivity contribution in [1.29, 1.82) is 0 Å². The van der Waals surface area contributed by atoms with Crippen LogP contribution < -0.4 is 0 Å². The van der Waals surface area contributed by atoms with Gasteiger partial charge in [0.05, 0.1) is 0 Å². The van der Waals surface area contributed by atoms with E-state index < -0.39 is 6.29 Å². The van der Waals surface area contributed by atoms with E-state index in [4.69, 9.17) is 10.2 Å². The van der Waals surface area contributed by atoms with E-state index in [2.05, 4.69) is 13.7 Å². The zero-order valence-electron chi connectivity index (χ0n) is 3.03. The minimum atomic E-state index is -1.09. The number of rotatable bonds is 2. The van der Waals surface area contributed by atoms with Crippen LogP contribution >= 0.6 is 0 Å². The van der Waals surface area contributed by atoms with Crippen LogP contribution in [-0.4, -0.2) is 42.8 Å². The third-order valence-corrected chi connectivity index (χ3v) is 2.86. The van der Waals surface area contributed by atoms with Crippen molar-refractivity contribution in [1.82, 2.24) is 0 Å². The number of aliphatic hydroxyl groups is 2. The summed E-state index contributed by atoms with van der Waals surface area (Å²) in [4.78, 5) is 0.